The van der Waals surface area contributed by atoms with E-state index >= 15 is 0 Å². The largest absolute Gasteiger partial charge is 0.351 e. The van der Waals surface area contributed by atoms with Gasteiger partial charge >= 0.3 is 6.03 Å². The van der Waals surface area contributed by atoms with Gasteiger partial charge in [0.1, 0.15) is 0 Å². The van der Waals surface area contributed by atoms with Crippen molar-refractivity contribution in [1.29, 1.82) is 0 Å². The highest BCUT2D eigenvalue weighted by atomic mass is 79.9. The molecule has 2 aliphatic rings. The van der Waals surface area contributed by atoms with Crippen LogP contribution in [0.2, 0.25) is 0 Å². The fraction of sp³-hybridized carbons (Fsp3) is 0.536. The van der Waals surface area contributed by atoms with Gasteiger partial charge in [0, 0.05) is 815 Å². The molecule has 1 unspecified atom stereocenters. The Morgan fingerprint density at radius 3 is 0.785 bits per heavy atom. The number of hydrogen-bond acceptors (Lipinski definition) is 6. The minimum absolute atomic E-state index is 0.0273. The minimum atomic E-state index is -0.364. The minimum Gasteiger partial charge on any atom is -0.351 e. The molecule has 0 bridgehead atoms. The predicted molar refractivity (Wildman–Crippen MR) is 771 cm³/mol. The predicted octanol–water partition coefficient (Wildman–Crippen LogP) is 4.47. The topological polar surface area (TPSA) is 82.8 Å². The van der Waals surface area contributed by atoms with Crippen molar-refractivity contribution in [3.63, 3.8) is 0 Å². The Balaban J connectivity index is 0.000000859. The van der Waals surface area contributed by atoms with E-state index in [9.17, 15) is 9.59 Å². The van der Waals surface area contributed by atoms with Crippen molar-refractivity contribution in [2.75, 3.05) is 32.7 Å². The zero-order valence-electron chi connectivity index (χ0n) is 56.3. The van der Waals surface area contributed by atoms with E-state index in [0.717, 1.165) is 36.1 Å². The van der Waals surface area contributed by atoms with E-state index < -0.39 is 0 Å². The highest BCUT2D eigenvalue weighted by Gasteiger charge is 2.41. The van der Waals surface area contributed by atoms with E-state index in [0.29, 0.717) is 32.0 Å². The number of benzene rings is 1. The molecule has 1 aromatic heterocycles. The number of likely N-dealkylation sites (tertiary alicyclic amines) is 1. The first-order valence-electron chi connectivity index (χ1n) is 26.9. The Labute approximate surface area is 956 Å². The van der Waals surface area contributed by atoms with Gasteiger partial charge in [-0.15, -0.1) is 0 Å². The van der Waals surface area contributed by atoms with Crippen LogP contribution in [0.3, 0.4) is 0 Å². The smallest absolute Gasteiger partial charge is 0.314 e. The normalized spacial score (nSPS) is 11.7. The molecule has 0 aliphatic carbocycles. The molecule has 0 radical (unpaired) electrons. The highest BCUT2D eigenvalue weighted by molar-refractivity contribution is 9.10. The second-order valence-electron chi connectivity index (χ2n) is 16.8. The summed E-state index contributed by atoms with van der Waals surface area (Å²) in [4.78, 5) is 36.1. The summed E-state index contributed by atoms with van der Waals surface area (Å²) in [6.45, 7) is 10.2. The summed E-state index contributed by atoms with van der Waals surface area (Å²) in [7, 11) is 150. The molecule has 121 heavy (non-hydrogen) atoms. The monoisotopic (exact) mass is 3270 g/mol. The molecule has 704 valence electrons. The van der Waals surface area contributed by atoms with Crippen LogP contribution in [0.4, 0.5) is 4.79 Å². The van der Waals surface area contributed by atoms with Crippen molar-refractivity contribution < 1.29 is 9.59 Å². The third-order valence-corrected chi connectivity index (χ3v) is 193. The summed E-state index contributed by atoms with van der Waals surface area (Å²) in [6, 6.07) is 14.4. The van der Waals surface area contributed by atoms with Crippen molar-refractivity contribution in [3.8, 4) is 0 Å². The number of urea groups is 1. The Morgan fingerprint density at radius 2 is 0.587 bits per heavy atom. The van der Waals surface area contributed by atoms with Crippen molar-refractivity contribution in [1.82, 2.24) is 19.7 Å². The zero-order chi connectivity index (χ0) is 86.6. The third-order valence-electron chi connectivity index (χ3n) is 9.91. The number of pyridine rings is 1. The van der Waals surface area contributed by atoms with Gasteiger partial charge in [0.05, 0.1) is 11.7 Å². The molecule has 2 N–H and O–H groups in total. The number of halogens is 1. The lowest BCUT2D eigenvalue weighted by molar-refractivity contribution is -0.141. The lowest BCUT2D eigenvalue weighted by Crippen LogP contribution is -2.60. The maximum Gasteiger partial charge on any atom is 0.314 e. The molecule has 93 heteroatoms. The molecule has 0 spiro atoms. The van der Waals surface area contributed by atoms with Crippen LogP contribution in [0.15, 0.2) is 53.1 Å². The average Bonchev–Trinajstić information content (AvgIpc) is 0.927. The number of carbonyl (C=O) groups is 2. The van der Waals surface area contributed by atoms with Crippen LogP contribution in [0.1, 0.15) is 57.3 Å². The fourth-order valence-corrected chi connectivity index (χ4v) is 229. The molecule has 2 aliphatic heterocycles. The molecule has 4 rings (SSSR count). The van der Waals surface area contributed by atoms with Crippen molar-refractivity contribution in [3.05, 3.63) is 64.4 Å². The number of carbonyl (C=O) groups excluding carboxylic acids is 2. The number of amides is 3. The number of hydrogen-bond donors (Lipinski definition) is 1. The van der Waals surface area contributed by atoms with E-state index in [2.05, 4.69) is 76.8 Å². The van der Waals surface area contributed by atoms with Crippen LogP contribution < -0.4 is 5.73 Å². The Kier molecular flexibility index (Phi) is 112. The van der Waals surface area contributed by atoms with E-state index in [4.69, 9.17) is 33.1 Å². The molecule has 3 heterocycles. The van der Waals surface area contributed by atoms with Gasteiger partial charge < -0.3 is 15.5 Å². The molecule has 1 aromatic carbocycles. The first-order chi connectivity index (χ1) is 59.5. The number of aromatic nitrogens is 1. The van der Waals surface area contributed by atoms with E-state index in [1.54, 1.807) is 111 Å². The molecule has 2 fully saturated rings. The van der Waals surface area contributed by atoms with Crippen molar-refractivity contribution in [2.45, 2.75) is 52.1 Å². The molecule has 0 saturated carbocycles. The second kappa shape index (κ2) is 103. The van der Waals surface area contributed by atoms with Crippen LogP contribution in [0.5, 0.6) is 0 Å². The van der Waals surface area contributed by atoms with Gasteiger partial charge in [-0.05, 0) is 57.8 Å². The number of piperazine rings is 1. The number of nitrogens with two attached hydrogens (primary N) is 1. The first-order valence-corrected chi connectivity index (χ1v) is 140. The Morgan fingerprint density at radius 1 is 0.355 bits per heavy atom. The molecular weight excluding hydrogens is 3240 g/mol. The third kappa shape index (κ3) is 85.7. The second-order valence-corrected chi connectivity index (χ2v) is 165. The highest BCUT2D eigenvalue weighted by Crippen LogP contribution is 2.35. The molecular formula is C28H38BrN5O2S85. The Hall–Kier alpha value is 16.3. The van der Waals surface area contributed by atoms with Gasteiger partial charge in [0.25, 0.3) is 0 Å². The molecule has 2 aromatic rings. The average molecular weight is 3280 g/mol. The maximum atomic E-state index is 13.6. The number of nitrogens with zero attached hydrogens (tertiary/aromatic N) is 4. The summed E-state index contributed by atoms with van der Waals surface area (Å²) in [6.07, 6.45) is 4.06. The standard InChI is InChI=1S/C28H38BrN5O2.S85/c1-28(2,3)24-19-33(26(21-7-5-4-6-8-21)23-10-9-22(29)18-31-23)15-16-34(24)25(35)17-20-11-13-32(14-12-20)27(30)36;1-3-5-7-9-11-13-15-17-19-21-23-25-27-29-31-33-35-37-39-41-43-45-47-49-51-53-55-57-59-61-63-65-67-69-71-73-75-77-79-81-83-85-84-82-80-78-76-74-72-70-68-66-64-62-60-58-56-54-52-50-48-46-44-42-40-38-36-34-32-30-28-26-24-22-20-18-16-14-12-10-8-6-4-2/h4-10,18,20,24,26H,11-17,19H2,1-3H3,(H2,30,36);/t24-,26?;/m1./s1. The SMILES string of the molecule is CC(C)(C)[C@H]1CN(C(c2ccccc2)c2ccc(Br)cn2)CCN1C(=O)CC1CCN(C(N)=O)CC1.S=S=S=S=S=S=S=S=S=S=S=S=S=S=S=S=S=S=S=S=S=S=S=S=S=S=S=S=S=S=S=S=S=S=S=S=S=S=S=S=S=S=S=S=S=S=S=S=S=S=S=S=S=S=S=S=S=S=S=S=S=S=S=S=S=S=S=S=S=S=S=S=S=S=S=S=S=S=S=S=S=S=S=S=S. The van der Waals surface area contributed by atoms with Gasteiger partial charge in [0.15, 0.2) is 0 Å². The molecule has 2 saturated heterocycles. The summed E-state index contributed by atoms with van der Waals surface area (Å²) in [5, 5.41) is 0. The van der Waals surface area contributed by atoms with Gasteiger partial charge in [-0.2, -0.15) is 0 Å². The van der Waals surface area contributed by atoms with Gasteiger partial charge in [-0.1, -0.05) is 51.1 Å². The van der Waals surface area contributed by atoms with E-state index in [1.165, 1.54) is 23.3 Å². The van der Waals surface area contributed by atoms with Crippen LogP contribution in [-0.4, -0.2) is 70.4 Å². The Bertz CT molecular complexity index is 7960. The zero-order valence-corrected chi connectivity index (χ0v) is 127. The van der Waals surface area contributed by atoms with Crippen LogP contribution in [0.25, 0.3) is 0 Å². The number of primary amides is 1. The molecule has 3 amide bonds. The summed E-state index contributed by atoms with van der Waals surface area (Å²) < 4.78 is 0.961. The van der Waals surface area contributed by atoms with Gasteiger partial charge in [0.2, 0.25) is 5.91 Å². The lowest BCUT2D eigenvalue weighted by atomic mass is 9.82. The summed E-state index contributed by atoms with van der Waals surface area (Å²) in [5.74, 6) is 0.529. The maximum absolute atomic E-state index is 13.6. The van der Waals surface area contributed by atoms with E-state index in [1.807, 2.05) is 631 Å². The van der Waals surface area contributed by atoms with Gasteiger partial charge in [-0.25, -0.2) is 4.79 Å². The van der Waals surface area contributed by atoms with Gasteiger partial charge in [-0.3, -0.25) is 14.7 Å². The van der Waals surface area contributed by atoms with Crippen LogP contribution >= 0.6 is 15.9 Å². The molecule has 2 atom stereocenters. The van der Waals surface area contributed by atoms with E-state index in [-0.39, 0.29) is 29.4 Å². The quantitative estimate of drug-likeness (QED) is 0.477. The first kappa shape index (κ1) is 131. The lowest BCUT2D eigenvalue weighted by Gasteiger charge is -2.49. The van der Waals surface area contributed by atoms with Crippen LogP contribution in [-0.2, 0) is 764 Å². The van der Waals surface area contributed by atoms with Crippen molar-refractivity contribution in [2.24, 2.45) is 17.1 Å². The summed E-state index contributed by atoms with van der Waals surface area (Å²) in [5.41, 5.74) is 7.58. The van der Waals surface area contributed by atoms with Crippen LogP contribution in [0, 0.1) is 11.3 Å². The number of piperidine rings is 1. The van der Waals surface area contributed by atoms with Crippen molar-refractivity contribution >= 4 is 787 Å². The summed E-state index contributed by atoms with van der Waals surface area (Å²) >= 11 is 13.2. The molecule has 7 nitrogen and oxygen atoms in total. The number of rotatable bonds is 5. The fourth-order valence-electron chi connectivity index (χ4n) is 6.47.